The van der Waals surface area contributed by atoms with Gasteiger partial charge in [-0.3, -0.25) is 0 Å². The fourth-order valence-corrected chi connectivity index (χ4v) is 12.2. The third-order valence-electron chi connectivity index (χ3n) is 5.54. The largest absolute Gasteiger partial charge is 1.00 e. The molecule has 4 rings (SSSR count). The Hall–Kier alpha value is -0.440. The molecule has 0 saturated carbocycles. The van der Waals surface area contributed by atoms with Gasteiger partial charge < -0.3 is 24.8 Å². The maximum atomic E-state index is 9.22. The van der Waals surface area contributed by atoms with Crippen molar-refractivity contribution in [2.24, 2.45) is 0 Å². The molecule has 146 valence electrons. The van der Waals surface area contributed by atoms with Crippen molar-refractivity contribution in [3.8, 4) is 11.1 Å². The first-order chi connectivity index (χ1) is 12.7. The van der Waals surface area contributed by atoms with Crippen LogP contribution < -0.4 is 28.1 Å². The van der Waals surface area contributed by atoms with E-state index in [1.807, 2.05) is 3.28 Å². The van der Waals surface area contributed by atoms with E-state index in [4.69, 9.17) is 0 Å². The number of hydrogen-bond acceptors (Lipinski definition) is 1. The Kier molecular flexibility index (Phi) is 8.98. The second kappa shape index (κ2) is 10.5. The van der Waals surface area contributed by atoms with Crippen molar-refractivity contribution in [2.45, 2.75) is 38.8 Å². The van der Waals surface area contributed by atoms with E-state index in [1.165, 1.54) is 23.1 Å². The summed E-state index contributed by atoms with van der Waals surface area (Å²) in [5.74, 6) is 0. The van der Waals surface area contributed by atoms with Crippen molar-refractivity contribution in [2.75, 3.05) is 6.61 Å². The van der Waals surface area contributed by atoms with Gasteiger partial charge in [-0.1, -0.05) is 0 Å². The Morgan fingerprint density at radius 1 is 1.00 bits per heavy atom. The SMILES string of the molecule is C[SiH](C)C1=[C]([Zr+2][c]2cccc3c2Cc2ccccc2-3)CC=C1CCCO.[Cl-].[Cl-]. The van der Waals surface area contributed by atoms with Crippen molar-refractivity contribution < 1.29 is 53.2 Å². The van der Waals surface area contributed by atoms with Crippen molar-refractivity contribution in [1.29, 1.82) is 0 Å². The molecule has 0 amide bonds. The first-order valence-electron chi connectivity index (χ1n) is 9.69. The molecule has 2 aromatic carbocycles. The molecule has 0 bridgehead atoms. The Morgan fingerprint density at radius 3 is 2.50 bits per heavy atom. The van der Waals surface area contributed by atoms with E-state index in [9.17, 15) is 5.11 Å². The van der Waals surface area contributed by atoms with Gasteiger partial charge in [-0.25, -0.2) is 0 Å². The minimum Gasteiger partial charge on any atom is -1.00 e. The van der Waals surface area contributed by atoms with Crippen LogP contribution in [0.15, 0.2) is 62.6 Å². The molecule has 1 nitrogen and oxygen atoms in total. The van der Waals surface area contributed by atoms with Crippen LogP contribution >= 0.6 is 0 Å². The number of benzene rings is 2. The molecule has 2 aliphatic rings. The second-order valence-corrected chi connectivity index (χ2v) is 13.9. The average Bonchev–Trinajstić information content (AvgIpc) is 3.22. The molecular weight excluding hydrogens is 482 g/mol. The fraction of sp³-hybridized carbons (Fsp3) is 0.304. The average molecular weight is 509 g/mol. The molecule has 0 aromatic heterocycles. The van der Waals surface area contributed by atoms with Crippen molar-refractivity contribution in [3.05, 3.63) is 73.7 Å². The number of rotatable bonds is 6. The van der Waals surface area contributed by atoms with Gasteiger partial charge >= 0.3 is 171 Å². The van der Waals surface area contributed by atoms with E-state index >= 15 is 0 Å². The van der Waals surface area contributed by atoms with Gasteiger partial charge in [0.15, 0.2) is 0 Å². The fourth-order valence-electron chi connectivity index (χ4n) is 4.42. The summed E-state index contributed by atoms with van der Waals surface area (Å²) in [4.78, 5) is 0. The summed E-state index contributed by atoms with van der Waals surface area (Å²) in [5, 5.41) is 11.0. The van der Waals surface area contributed by atoms with Gasteiger partial charge in [-0.15, -0.1) is 0 Å². The van der Waals surface area contributed by atoms with Gasteiger partial charge in [0, 0.05) is 0 Å². The van der Waals surface area contributed by atoms with Crippen LogP contribution in [0.1, 0.15) is 30.4 Å². The van der Waals surface area contributed by atoms with Gasteiger partial charge in [0.05, 0.1) is 0 Å². The predicted octanol–water partition coefficient (Wildman–Crippen LogP) is -1.64. The van der Waals surface area contributed by atoms with Crippen LogP contribution in [0, 0.1) is 0 Å². The summed E-state index contributed by atoms with van der Waals surface area (Å²) >= 11 is -0.755. The van der Waals surface area contributed by atoms with Gasteiger partial charge in [0.2, 0.25) is 0 Å². The van der Waals surface area contributed by atoms with Crippen LogP contribution in [-0.4, -0.2) is 20.5 Å². The first-order valence-corrected chi connectivity index (χ1v) is 15.0. The molecule has 0 heterocycles. The molecular formula is C23H26Cl2OSiZr. The van der Waals surface area contributed by atoms with E-state index in [1.54, 1.807) is 19.6 Å². The Morgan fingerprint density at radius 2 is 1.75 bits per heavy atom. The number of aliphatic hydroxyl groups is 1. The Bertz CT molecular complexity index is 905. The maximum Gasteiger partial charge on any atom is -1.00 e. The van der Waals surface area contributed by atoms with Crippen LogP contribution in [0.25, 0.3) is 11.1 Å². The number of halogens is 2. The molecule has 0 atom stereocenters. The van der Waals surface area contributed by atoms with Crippen LogP contribution in [0.4, 0.5) is 0 Å². The number of allylic oxidation sites excluding steroid dienone is 4. The summed E-state index contributed by atoms with van der Waals surface area (Å²) in [7, 11) is -0.831. The topological polar surface area (TPSA) is 20.2 Å². The summed E-state index contributed by atoms with van der Waals surface area (Å²) in [6, 6.07) is 15.9. The summed E-state index contributed by atoms with van der Waals surface area (Å²) < 4.78 is 3.49. The maximum absolute atomic E-state index is 9.22. The zero-order valence-electron chi connectivity index (χ0n) is 16.4. The van der Waals surface area contributed by atoms with Gasteiger partial charge in [0.25, 0.3) is 0 Å². The van der Waals surface area contributed by atoms with Gasteiger partial charge in [-0.2, -0.15) is 0 Å². The predicted molar refractivity (Wildman–Crippen MR) is 109 cm³/mol. The van der Waals surface area contributed by atoms with Gasteiger partial charge in [0.1, 0.15) is 0 Å². The number of hydrogen-bond donors (Lipinski definition) is 1. The van der Waals surface area contributed by atoms with Gasteiger partial charge in [-0.05, 0) is 0 Å². The smallest absolute Gasteiger partial charge is 1.00 e. The van der Waals surface area contributed by atoms with Crippen LogP contribution in [-0.2, 0) is 29.7 Å². The van der Waals surface area contributed by atoms with E-state index in [0.29, 0.717) is 6.61 Å². The summed E-state index contributed by atoms with van der Waals surface area (Å²) in [6.45, 7) is 5.25. The van der Waals surface area contributed by atoms with E-state index in [0.717, 1.165) is 19.3 Å². The van der Waals surface area contributed by atoms with Crippen LogP contribution in [0.2, 0.25) is 13.1 Å². The number of fused-ring (bicyclic) bond motifs is 3. The van der Waals surface area contributed by atoms with E-state index in [2.05, 4.69) is 61.6 Å². The number of aliphatic hydroxyl groups excluding tert-OH is 1. The van der Waals surface area contributed by atoms with E-state index < -0.39 is 32.0 Å². The second-order valence-electron chi connectivity index (χ2n) is 7.60. The quantitative estimate of drug-likeness (QED) is 0.396. The zero-order chi connectivity index (χ0) is 18.1. The molecule has 2 aromatic rings. The molecule has 28 heavy (non-hydrogen) atoms. The van der Waals surface area contributed by atoms with Crippen LogP contribution in [0.3, 0.4) is 0 Å². The van der Waals surface area contributed by atoms with Crippen LogP contribution in [0.5, 0.6) is 0 Å². The molecule has 0 spiro atoms. The molecule has 0 radical (unpaired) electrons. The zero-order valence-corrected chi connectivity index (χ0v) is 21.6. The molecule has 0 aliphatic heterocycles. The van der Waals surface area contributed by atoms with Crippen molar-refractivity contribution >= 4 is 12.1 Å². The minimum absolute atomic E-state index is 0. The standard InChI is InChI=1S/C13H9.C10H17OSi.2ClH.Zr/c1-3-7-12-10(5-1)9-11-6-2-4-8-13(11)12;1-12(2)10-7-3-5-9(10)6-4-8-11;;;/h1-5,7-8H,9H2;5,11-12H,3-4,6,8H2,1-2H3;2*1H;/q;;;;+2/p-2. The minimum atomic E-state index is -0.831. The third kappa shape index (κ3) is 4.65. The molecule has 0 fully saturated rings. The monoisotopic (exact) mass is 506 g/mol. The molecule has 0 saturated heterocycles. The molecule has 5 heteroatoms. The van der Waals surface area contributed by atoms with Crippen molar-refractivity contribution in [1.82, 2.24) is 0 Å². The van der Waals surface area contributed by atoms with Crippen molar-refractivity contribution in [3.63, 3.8) is 0 Å². The normalized spacial score (nSPS) is 14.1. The molecule has 1 N–H and O–H groups in total. The Balaban J connectivity index is 0.00000140. The van der Waals surface area contributed by atoms with E-state index in [-0.39, 0.29) is 24.8 Å². The third-order valence-corrected chi connectivity index (χ3v) is 11.8. The summed E-state index contributed by atoms with van der Waals surface area (Å²) in [6.07, 6.45) is 6.76. The molecule has 0 unspecified atom stereocenters. The Labute approximate surface area is 194 Å². The molecule has 2 aliphatic carbocycles. The summed E-state index contributed by atoms with van der Waals surface area (Å²) in [5.41, 5.74) is 7.61. The first kappa shape index (κ1) is 23.8.